The van der Waals surface area contributed by atoms with Gasteiger partial charge in [0.2, 0.25) is 0 Å². The van der Waals surface area contributed by atoms with Crippen LogP contribution in [0.5, 0.6) is 0 Å². The zero-order chi connectivity index (χ0) is 22.2. The van der Waals surface area contributed by atoms with Gasteiger partial charge in [0.05, 0.1) is 6.67 Å². The normalized spacial score (nSPS) is 33.8. The molecule has 3 aliphatic rings. The highest BCUT2D eigenvalue weighted by Crippen LogP contribution is 2.47. The molecule has 0 bridgehead atoms. The smallest absolute Gasteiger partial charge is 0.0894 e. The van der Waals surface area contributed by atoms with Crippen molar-refractivity contribution >= 4 is 0 Å². The van der Waals surface area contributed by atoms with Crippen molar-refractivity contribution in [2.45, 2.75) is 122 Å². The SMILES string of the molecule is CCC[C@H]1CC[C@H](C2CCC(C3CCC(c4ccc(CCCCF)cc4)CC3)CC2)CC1. The lowest BCUT2D eigenvalue weighted by Crippen LogP contribution is -2.29. The Morgan fingerprint density at radius 1 is 0.656 bits per heavy atom. The molecule has 0 radical (unpaired) electrons. The summed E-state index contributed by atoms with van der Waals surface area (Å²) in [6.45, 7) is 2.18. The molecule has 180 valence electrons. The summed E-state index contributed by atoms with van der Waals surface area (Å²) in [5, 5.41) is 0. The molecule has 0 saturated heterocycles. The van der Waals surface area contributed by atoms with E-state index < -0.39 is 0 Å². The molecule has 0 amide bonds. The summed E-state index contributed by atoms with van der Waals surface area (Å²) < 4.78 is 12.3. The Balaban J connectivity index is 1.16. The summed E-state index contributed by atoms with van der Waals surface area (Å²) in [5.74, 6) is 6.00. The third-order valence-electron chi connectivity index (χ3n) is 9.81. The van der Waals surface area contributed by atoms with E-state index in [4.69, 9.17) is 0 Å². The zero-order valence-corrected chi connectivity index (χ0v) is 20.9. The quantitative estimate of drug-likeness (QED) is 0.335. The second-order valence-corrected chi connectivity index (χ2v) is 11.7. The van der Waals surface area contributed by atoms with Crippen LogP contribution < -0.4 is 0 Å². The van der Waals surface area contributed by atoms with Gasteiger partial charge in [0.1, 0.15) is 0 Å². The number of aryl methyl sites for hydroxylation is 1. The molecule has 0 aromatic heterocycles. The van der Waals surface area contributed by atoms with Crippen molar-refractivity contribution in [3.05, 3.63) is 35.4 Å². The lowest BCUT2D eigenvalue weighted by atomic mass is 9.64. The van der Waals surface area contributed by atoms with Crippen molar-refractivity contribution < 1.29 is 4.39 Å². The first-order valence-corrected chi connectivity index (χ1v) is 14.4. The monoisotopic (exact) mass is 440 g/mol. The van der Waals surface area contributed by atoms with Gasteiger partial charge in [-0.1, -0.05) is 56.9 Å². The van der Waals surface area contributed by atoms with Crippen LogP contribution in [0.3, 0.4) is 0 Å². The van der Waals surface area contributed by atoms with Gasteiger partial charge in [-0.2, -0.15) is 0 Å². The Bertz CT molecular complexity index is 625. The van der Waals surface area contributed by atoms with E-state index in [1.54, 1.807) is 18.4 Å². The lowest BCUT2D eigenvalue weighted by Gasteiger charge is -2.41. The number of hydrogen-bond donors (Lipinski definition) is 0. The standard InChI is InChI=1S/C31H49F/c1-2-5-24-7-11-26(12-8-24)28-15-19-30(20-16-28)31-21-17-29(18-22-31)27-13-9-25(10-14-27)6-3-4-23-32/h9-10,13-14,24,26,28-31H,2-8,11-12,15-23H2,1H3/t24-,26-,28?,29?,30?,31?. The maximum atomic E-state index is 12.3. The second-order valence-electron chi connectivity index (χ2n) is 11.7. The van der Waals surface area contributed by atoms with E-state index in [-0.39, 0.29) is 6.67 Å². The van der Waals surface area contributed by atoms with Crippen LogP contribution in [-0.4, -0.2) is 6.67 Å². The largest absolute Gasteiger partial charge is 0.251 e. The Hall–Kier alpha value is -0.850. The molecule has 3 aliphatic carbocycles. The molecule has 0 aliphatic heterocycles. The fourth-order valence-electron chi connectivity index (χ4n) is 7.75. The van der Waals surface area contributed by atoms with Crippen LogP contribution in [0.4, 0.5) is 4.39 Å². The van der Waals surface area contributed by atoms with Gasteiger partial charge in [-0.05, 0) is 130 Å². The van der Waals surface area contributed by atoms with Crippen molar-refractivity contribution in [1.82, 2.24) is 0 Å². The number of halogens is 1. The summed E-state index contributed by atoms with van der Waals surface area (Å²) >= 11 is 0. The van der Waals surface area contributed by atoms with Crippen LogP contribution in [-0.2, 0) is 6.42 Å². The van der Waals surface area contributed by atoms with Crippen molar-refractivity contribution in [2.24, 2.45) is 29.6 Å². The fourth-order valence-corrected chi connectivity index (χ4v) is 7.75. The molecule has 1 aromatic carbocycles. The number of rotatable bonds is 9. The topological polar surface area (TPSA) is 0 Å². The highest BCUT2D eigenvalue weighted by molar-refractivity contribution is 5.26. The Morgan fingerprint density at radius 3 is 1.66 bits per heavy atom. The summed E-state index contributed by atoms with van der Waals surface area (Å²) in [7, 11) is 0. The first-order valence-electron chi connectivity index (χ1n) is 14.4. The summed E-state index contributed by atoms with van der Waals surface area (Å²) in [6, 6.07) is 9.35. The molecule has 3 fully saturated rings. The van der Waals surface area contributed by atoms with E-state index >= 15 is 0 Å². The molecule has 0 unspecified atom stereocenters. The maximum absolute atomic E-state index is 12.3. The first-order chi connectivity index (χ1) is 15.8. The summed E-state index contributed by atoms with van der Waals surface area (Å²) in [5.41, 5.74) is 2.94. The predicted octanol–water partition coefficient (Wildman–Crippen LogP) is 9.67. The molecule has 0 N–H and O–H groups in total. The van der Waals surface area contributed by atoms with Crippen molar-refractivity contribution in [3.8, 4) is 0 Å². The van der Waals surface area contributed by atoms with E-state index in [0.29, 0.717) is 6.42 Å². The van der Waals surface area contributed by atoms with Gasteiger partial charge in [-0.15, -0.1) is 0 Å². The molecular weight excluding hydrogens is 391 g/mol. The van der Waals surface area contributed by atoms with Gasteiger partial charge in [0, 0.05) is 0 Å². The minimum atomic E-state index is -0.178. The fraction of sp³-hybridized carbons (Fsp3) is 0.806. The van der Waals surface area contributed by atoms with Crippen LogP contribution in [0.2, 0.25) is 0 Å². The van der Waals surface area contributed by atoms with Gasteiger partial charge in [0.25, 0.3) is 0 Å². The minimum Gasteiger partial charge on any atom is -0.251 e. The number of alkyl halides is 1. The number of unbranched alkanes of at least 4 members (excludes halogenated alkanes) is 1. The Kier molecular flexibility index (Phi) is 9.54. The van der Waals surface area contributed by atoms with Gasteiger partial charge >= 0.3 is 0 Å². The Labute approximate surface area is 198 Å². The maximum Gasteiger partial charge on any atom is 0.0894 e. The zero-order valence-electron chi connectivity index (χ0n) is 20.9. The minimum absolute atomic E-state index is 0.178. The van der Waals surface area contributed by atoms with E-state index in [9.17, 15) is 4.39 Å². The summed E-state index contributed by atoms with van der Waals surface area (Å²) in [4.78, 5) is 0. The van der Waals surface area contributed by atoms with E-state index in [1.807, 2.05) is 0 Å². The molecule has 3 saturated carbocycles. The molecule has 0 spiro atoms. The lowest BCUT2D eigenvalue weighted by molar-refractivity contribution is 0.109. The average molecular weight is 441 g/mol. The molecule has 1 heteroatoms. The van der Waals surface area contributed by atoms with Gasteiger partial charge in [0.15, 0.2) is 0 Å². The first kappa shape index (κ1) is 24.3. The third-order valence-corrected chi connectivity index (χ3v) is 9.81. The van der Waals surface area contributed by atoms with E-state index in [0.717, 1.165) is 48.3 Å². The van der Waals surface area contributed by atoms with Crippen LogP contribution in [0.1, 0.15) is 127 Å². The summed E-state index contributed by atoms with van der Waals surface area (Å²) in [6.07, 6.45) is 23.6. The molecule has 0 atom stereocenters. The number of hydrogen-bond acceptors (Lipinski definition) is 0. The molecule has 1 aromatic rings. The molecule has 32 heavy (non-hydrogen) atoms. The van der Waals surface area contributed by atoms with Gasteiger partial charge in [-0.3, -0.25) is 4.39 Å². The van der Waals surface area contributed by atoms with Crippen LogP contribution in [0, 0.1) is 29.6 Å². The molecule has 0 nitrogen and oxygen atoms in total. The highest BCUT2D eigenvalue weighted by Gasteiger charge is 2.34. The Morgan fingerprint density at radius 2 is 1.16 bits per heavy atom. The van der Waals surface area contributed by atoms with Crippen molar-refractivity contribution in [2.75, 3.05) is 6.67 Å². The second kappa shape index (κ2) is 12.6. The van der Waals surface area contributed by atoms with E-state index in [1.165, 1.54) is 82.6 Å². The molecular formula is C31H49F. The number of benzene rings is 1. The highest BCUT2D eigenvalue weighted by atomic mass is 19.1. The van der Waals surface area contributed by atoms with E-state index in [2.05, 4.69) is 31.2 Å². The third kappa shape index (κ3) is 6.60. The van der Waals surface area contributed by atoms with Gasteiger partial charge < -0.3 is 0 Å². The average Bonchev–Trinajstić information content (AvgIpc) is 2.86. The van der Waals surface area contributed by atoms with Crippen LogP contribution in [0.25, 0.3) is 0 Å². The van der Waals surface area contributed by atoms with Crippen LogP contribution in [0.15, 0.2) is 24.3 Å². The predicted molar refractivity (Wildman–Crippen MR) is 136 cm³/mol. The van der Waals surface area contributed by atoms with Crippen molar-refractivity contribution in [3.63, 3.8) is 0 Å². The van der Waals surface area contributed by atoms with Gasteiger partial charge in [-0.25, -0.2) is 0 Å². The molecule has 0 heterocycles. The molecule has 4 rings (SSSR count). The van der Waals surface area contributed by atoms with Crippen LogP contribution >= 0.6 is 0 Å². The van der Waals surface area contributed by atoms with Crippen molar-refractivity contribution in [1.29, 1.82) is 0 Å².